The molecule has 0 aliphatic carbocycles. The Kier molecular flexibility index (Phi) is 8.01. The molecule has 0 saturated carbocycles. The standard InChI is InChI=1S/C28H31F4N5O2S/c29-24-18-23(7-8-25(24)40(38,39)35-26-10-13-33-20-34-26)36-14-4-11-27(19-36,37-15-1-2-16-37)12-9-21-5-3-6-22(17-21)28(30,31)32/h3,5-8,10,13,17-18,20H,1-2,4,9,11-12,14-16,19H2,(H,33,34,35). The number of anilines is 2. The van der Waals surface area contributed by atoms with E-state index in [-0.39, 0.29) is 11.4 Å². The van der Waals surface area contributed by atoms with Crippen molar-refractivity contribution < 1.29 is 26.0 Å². The van der Waals surface area contributed by atoms with Gasteiger partial charge in [0, 0.05) is 30.5 Å². The maximum Gasteiger partial charge on any atom is 0.416 e. The van der Waals surface area contributed by atoms with Crippen molar-refractivity contribution in [3.05, 3.63) is 78.0 Å². The predicted octanol–water partition coefficient (Wildman–Crippen LogP) is 5.50. The highest BCUT2D eigenvalue weighted by atomic mass is 32.2. The highest BCUT2D eigenvalue weighted by Gasteiger charge is 2.41. The number of halogens is 4. The first-order valence-electron chi connectivity index (χ1n) is 13.3. The van der Waals surface area contributed by atoms with Crippen molar-refractivity contribution in [2.24, 2.45) is 0 Å². The van der Waals surface area contributed by atoms with E-state index in [2.05, 4.69) is 24.5 Å². The average Bonchev–Trinajstić information content (AvgIpc) is 3.48. The highest BCUT2D eigenvalue weighted by Crippen LogP contribution is 2.38. The van der Waals surface area contributed by atoms with E-state index in [0.717, 1.165) is 44.8 Å². The van der Waals surface area contributed by atoms with Crippen molar-refractivity contribution in [1.82, 2.24) is 14.9 Å². The van der Waals surface area contributed by atoms with Crippen molar-refractivity contribution in [2.75, 3.05) is 35.8 Å². The molecule has 0 bridgehead atoms. The molecule has 7 nitrogen and oxygen atoms in total. The third-order valence-corrected chi connectivity index (χ3v) is 9.24. The molecule has 12 heteroatoms. The van der Waals surface area contributed by atoms with Crippen LogP contribution in [-0.2, 0) is 22.6 Å². The van der Waals surface area contributed by atoms with Crippen LogP contribution in [0.3, 0.4) is 0 Å². The topological polar surface area (TPSA) is 78.4 Å². The van der Waals surface area contributed by atoms with Gasteiger partial charge in [-0.05, 0) is 87.5 Å². The van der Waals surface area contributed by atoms with Crippen LogP contribution in [0.25, 0.3) is 0 Å². The molecule has 3 aromatic rings. The van der Waals surface area contributed by atoms with Crippen LogP contribution in [-0.4, -0.2) is 55.0 Å². The first-order chi connectivity index (χ1) is 19.1. The number of hydrogen-bond acceptors (Lipinski definition) is 6. The summed E-state index contributed by atoms with van der Waals surface area (Å²) in [7, 11) is -4.20. The third kappa shape index (κ3) is 6.22. The molecule has 0 radical (unpaired) electrons. The summed E-state index contributed by atoms with van der Waals surface area (Å²) in [5.74, 6) is -0.842. The van der Waals surface area contributed by atoms with Crippen molar-refractivity contribution in [3.8, 4) is 0 Å². The number of sulfonamides is 1. The van der Waals surface area contributed by atoms with Crippen LogP contribution in [0.2, 0.25) is 0 Å². The molecule has 0 amide bonds. The molecule has 5 rings (SSSR count). The van der Waals surface area contributed by atoms with E-state index >= 15 is 4.39 Å². The summed E-state index contributed by atoms with van der Waals surface area (Å²) < 4.78 is 82.9. The Balaban J connectivity index is 1.36. The molecule has 2 aliphatic rings. The van der Waals surface area contributed by atoms with E-state index in [1.165, 1.54) is 42.9 Å². The Morgan fingerprint density at radius 1 is 1.00 bits per heavy atom. The van der Waals surface area contributed by atoms with Crippen molar-refractivity contribution >= 4 is 21.5 Å². The smallest absolute Gasteiger partial charge is 0.370 e. The van der Waals surface area contributed by atoms with Gasteiger partial charge in [-0.25, -0.2) is 22.8 Å². The molecule has 214 valence electrons. The summed E-state index contributed by atoms with van der Waals surface area (Å²) in [4.78, 5) is 11.6. The predicted molar refractivity (Wildman–Crippen MR) is 144 cm³/mol. The Bertz CT molecular complexity index is 1430. The molecule has 2 aliphatic heterocycles. The molecule has 2 aromatic carbocycles. The van der Waals surface area contributed by atoms with E-state index in [4.69, 9.17) is 0 Å². The van der Waals surface area contributed by atoms with E-state index in [0.29, 0.717) is 37.2 Å². The number of piperidine rings is 1. The van der Waals surface area contributed by atoms with Gasteiger partial charge in [0.05, 0.1) is 5.56 Å². The second-order valence-electron chi connectivity index (χ2n) is 10.5. The van der Waals surface area contributed by atoms with Crippen LogP contribution < -0.4 is 9.62 Å². The van der Waals surface area contributed by atoms with Gasteiger partial charge in [-0.15, -0.1) is 0 Å². The fraction of sp³-hybridized carbons (Fsp3) is 0.429. The van der Waals surface area contributed by atoms with E-state index in [9.17, 15) is 21.6 Å². The van der Waals surface area contributed by atoms with E-state index in [1.54, 1.807) is 12.1 Å². The maximum absolute atomic E-state index is 15.2. The molecule has 3 heterocycles. The largest absolute Gasteiger partial charge is 0.416 e. The maximum atomic E-state index is 15.2. The van der Waals surface area contributed by atoms with Gasteiger partial charge in [-0.3, -0.25) is 9.62 Å². The quantitative estimate of drug-likeness (QED) is 0.356. The Hall–Kier alpha value is -3.25. The minimum absolute atomic E-state index is 0.0330. The molecule has 1 N–H and O–H groups in total. The van der Waals surface area contributed by atoms with Gasteiger partial charge in [0.1, 0.15) is 22.9 Å². The molecule has 2 fully saturated rings. The lowest BCUT2D eigenvalue weighted by atomic mass is 9.81. The summed E-state index contributed by atoms with van der Waals surface area (Å²) in [6.45, 7) is 3.08. The summed E-state index contributed by atoms with van der Waals surface area (Å²) in [6, 6.07) is 11.0. The fourth-order valence-electron chi connectivity index (χ4n) is 5.87. The average molecular weight is 578 g/mol. The first kappa shape index (κ1) is 28.3. The van der Waals surface area contributed by atoms with Gasteiger partial charge in [0.2, 0.25) is 0 Å². The normalized spacial score (nSPS) is 20.6. The number of nitrogens with one attached hydrogen (secondary N) is 1. The summed E-state index contributed by atoms with van der Waals surface area (Å²) in [6.07, 6.45) is 3.18. The lowest BCUT2D eigenvalue weighted by Crippen LogP contribution is -2.58. The minimum Gasteiger partial charge on any atom is -0.370 e. The van der Waals surface area contributed by atoms with Crippen LogP contribution in [0.15, 0.2) is 66.0 Å². The second-order valence-corrected chi connectivity index (χ2v) is 12.1. The summed E-state index contributed by atoms with van der Waals surface area (Å²) in [5, 5.41) is 0. The molecule has 40 heavy (non-hydrogen) atoms. The Morgan fingerprint density at radius 2 is 1.80 bits per heavy atom. The SMILES string of the molecule is O=S(=O)(Nc1ccncn1)c1ccc(N2CCCC(CCc3cccc(C(F)(F)F)c3)(N3CCCC3)C2)cc1F. The second kappa shape index (κ2) is 11.3. The molecule has 1 unspecified atom stereocenters. The van der Waals surface area contributed by atoms with Crippen LogP contribution in [0.5, 0.6) is 0 Å². The zero-order valence-corrected chi connectivity index (χ0v) is 22.7. The van der Waals surface area contributed by atoms with E-state index in [1.807, 2.05) is 0 Å². The highest BCUT2D eigenvalue weighted by molar-refractivity contribution is 7.92. The van der Waals surface area contributed by atoms with Crippen molar-refractivity contribution in [3.63, 3.8) is 0 Å². The number of aromatic nitrogens is 2. The Labute approximate surface area is 231 Å². The van der Waals surface area contributed by atoms with Crippen LogP contribution in [0.4, 0.5) is 29.1 Å². The lowest BCUT2D eigenvalue weighted by molar-refractivity contribution is -0.137. The molecule has 1 atom stereocenters. The van der Waals surface area contributed by atoms with Crippen molar-refractivity contribution in [1.29, 1.82) is 0 Å². The molecule has 2 saturated heterocycles. The first-order valence-corrected chi connectivity index (χ1v) is 14.8. The fourth-order valence-corrected chi connectivity index (χ4v) is 6.94. The molecular formula is C28H31F4N5O2S. The number of nitrogens with zero attached hydrogens (tertiary/aromatic N) is 4. The van der Waals surface area contributed by atoms with Gasteiger partial charge in [-0.2, -0.15) is 13.2 Å². The summed E-state index contributed by atoms with van der Waals surface area (Å²) >= 11 is 0. The van der Waals surface area contributed by atoms with Crippen LogP contribution in [0, 0.1) is 5.82 Å². The lowest BCUT2D eigenvalue weighted by Gasteiger charge is -2.49. The number of likely N-dealkylation sites (tertiary alicyclic amines) is 1. The van der Waals surface area contributed by atoms with Gasteiger partial charge >= 0.3 is 6.18 Å². The number of aryl methyl sites for hydroxylation is 1. The van der Waals surface area contributed by atoms with Crippen LogP contribution in [0.1, 0.15) is 43.2 Å². The molecule has 1 aromatic heterocycles. The van der Waals surface area contributed by atoms with Gasteiger partial charge in [-0.1, -0.05) is 18.2 Å². The van der Waals surface area contributed by atoms with Gasteiger partial charge < -0.3 is 4.90 Å². The Morgan fingerprint density at radius 3 is 2.50 bits per heavy atom. The minimum atomic E-state index is -4.39. The van der Waals surface area contributed by atoms with Crippen LogP contribution >= 0.6 is 0 Å². The molecule has 0 spiro atoms. The monoisotopic (exact) mass is 577 g/mol. The van der Waals surface area contributed by atoms with E-state index < -0.39 is 32.5 Å². The number of benzene rings is 2. The zero-order chi connectivity index (χ0) is 28.4. The summed E-state index contributed by atoms with van der Waals surface area (Å²) in [5.41, 5.74) is 0.284. The van der Waals surface area contributed by atoms with Gasteiger partial charge in [0.25, 0.3) is 10.0 Å². The number of rotatable bonds is 8. The zero-order valence-electron chi connectivity index (χ0n) is 21.9. The van der Waals surface area contributed by atoms with Crippen molar-refractivity contribution in [2.45, 2.75) is 55.1 Å². The third-order valence-electron chi connectivity index (χ3n) is 7.86. The number of alkyl halides is 3. The van der Waals surface area contributed by atoms with Gasteiger partial charge in [0.15, 0.2) is 0 Å². The molecular weight excluding hydrogens is 546 g/mol. The number of hydrogen-bond donors (Lipinski definition) is 1.